The minimum atomic E-state index is 0.519. The topological polar surface area (TPSA) is 28.2 Å². The molecule has 1 heterocycles. The Kier molecular flexibility index (Phi) is 5.41. The molecule has 0 atom stereocenters. The van der Waals surface area contributed by atoms with Gasteiger partial charge in [0, 0.05) is 31.4 Å². The Balaban J connectivity index is 2.15. The maximum Gasteiger partial charge on any atom is 0.129 e. The highest BCUT2D eigenvalue weighted by Gasteiger charge is 2.23. The summed E-state index contributed by atoms with van der Waals surface area (Å²) in [5.41, 5.74) is 2.59. The molecule has 3 nitrogen and oxygen atoms in total. The fourth-order valence-corrected chi connectivity index (χ4v) is 2.58. The van der Waals surface area contributed by atoms with Crippen LogP contribution in [0, 0.1) is 0 Å². The van der Waals surface area contributed by atoms with Gasteiger partial charge in [-0.15, -0.1) is 0 Å². The normalized spacial score (nSPS) is 15.4. The van der Waals surface area contributed by atoms with Crippen LogP contribution < -0.4 is 10.2 Å². The van der Waals surface area contributed by atoms with Crippen molar-refractivity contribution in [3.8, 4) is 0 Å². The van der Waals surface area contributed by atoms with Crippen LogP contribution in [0.4, 0.5) is 5.82 Å². The Morgan fingerprint density at radius 1 is 1.35 bits per heavy atom. The van der Waals surface area contributed by atoms with Crippen LogP contribution in [-0.2, 0) is 13.0 Å². The molecule has 0 aliphatic heterocycles. The third-order valence-electron chi connectivity index (χ3n) is 4.13. The molecule has 0 radical (unpaired) electrons. The Labute approximate surface area is 123 Å². The second-order valence-corrected chi connectivity index (χ2v) is 6.31. The first-order valence-corrected chi connectivity index (χ1v) is 8.06. The molecule has 1 aliphatic rings. The molecule has 0 aromatic carbocycles. The van der Waals surface area contributed by atoms with Crippen molar-refractivity contribution in [3.63, 3.8) is 0 Å². The van der Waals surface area contributed by atoms with E-state index in [-0.39, 0.29) is 0 Å². The minimum Gasteiger partial charge on any atom is -0.357 e. The zero-order valence-corrected chi connectivity index (χ0v) is 13.4. The molecule has 2 rings (SSSR count). The number of rotatable bonds is 7. The van der Waals surface area contributed by atoms with E-state index in [4.69, 9.17) is 4.98 Å². The molecule has 0 bridgehead atoms. The van der Waals surface area contributed by atoms with Gasteiger partial charge in [0.1, 0.15) is 5.82 Å². The molecule has 0 amide bonds. The molecule has 20 heavy (non-hydrogen) atoms. The second kappa shape index (κ2) is 7.07. The predicted octanol–water partition coefficient (Wildman–Crippen LogP) is 3.52. The zero-order chi connectivity index (χ0) is 14.5. The molecule has 0 saturated heterocycles. The number of nitrogens with one attached hydrogen (secondary N) is 1. The fraction of sp³-hybridized carbons (Fsp3) is 0.706. The molecule has 0 spiro atoms. The lowest BCUT2D eigenvalue weighted by Crippen LogP contribution is -2.37. The second-order valence-electron chi connectivity index (χ2n) is 6.31. The van der Waals surface area contributed by atoms with Crippen molar-refractivity contribution in [3.05, 3.63) is 23.4 Å². The van der Waals surface area contributed by atoms with Crippen LogP contribution in [0.15, 0.2) is 12.1 Å². The first-order valence-electron chi connectivity index (χ1n) is 8.06. The van der Waals surface area contributed by atoms with Gasteiger partial charge in [-0.3, -0.25) is 0 Å². The van der Waals surface area contributed by atoms with Crippen LogP contribution in [0.3, 0.4) is 0 Å². The van der Waals surface area contributed by atoms with E-state index >= 15 is 0 Å². The molecule has 0 unspecified atom stereocenters. The van der Waals surface area contributed by atoms with Crippen molar-refractivity contribution in [2.24, 2.45) is 0 Å². The van der Waals surface area contributed by atoms with E-state index in [2.05, 4.69) is 50.2 Å². The minimum absolute atomic E-state index is 0.519. The van der Waals surface area contributed by atoms with Crippen LogP contribution in [0.25, 0.3) is 0 Å². The summed E-state index contributed by atoms with van der Waals surface area (Å²) < 4.78 is 0. The Bertz CT molecular complexity index is 424. The van der Waals surface area contributed by atoms with Gasteiger partial charge in [0.2, 0.25) is 0 Å². The van der Waals surface area contributed by atoms with Crippen molar-refractivity contribution < 1.29 is 0 Å². The van der Waals surface area contributed by atoms with Crippen molar-refractivity contribution in [2.75, 3.05) is 11.9 Å². The van der Waals surface area contributed by atoms with Gasteiger partial charge in [0.15, 0.2) is 0 Å². The molecule has 1 aromatic rings. The summed E-state index contributed by atoms with van der Waals surface area (Å²) in [4.78, 5) is 7.23. The van der Waals surface area contributed by atoms with E-state index in [0.29, 0.717) is 12.1 Å². The van der Waals surface area contributed by atoms with Crippen molar-refractivity contribution in [1.82, 2.24) is 10.3 Å². The van der Waals surface area contributed by atoms with Crippen LogP contribution in [0.5, 0.6) is 0 Å². The molecule has 1 saturated carbocycles. The monoisotopic (exact) mass is 275 g/mol. The standard InChI is InChI=1S/C17H29N3/c1-5-7-15-10-14(12-18-13(2)3)11-17(19-15)20(4)16-8-6-9-16/h10-11,13,16,18H,5-9,12H2,1-4H3. The SMILES string of the molecule is CCCc1cc(CNC(C)C)cc(N(C)C2CCC2)n1. The summed E-state index contributed by atoms with van der Waals surface area (Å²) in [7, 11) is 2.20. The van der Waals surface area contributed by atoms with E-state index in [1.54, 1.807) is 0 Å². The van der Waals surface area contributed by atoms with E-state index in [0.717, 1.165) is 25.2 Å². The molecule has 112 valence electrons. The molecular formula is C17H29N3. The summed E-state index contributed by atoms with van der Waals surface area (Å²) in [5, 5.41) is 3.51. The van der Waals surface area contributed by atoms with Crippen LogP contribution in [0.1, 0.15) is 57.7 Å². The number of pyridine rings is 1. The Hall–Kier alpha value is -1.09. The average Bonchev–Trinajstić information content (AvgIpc) is 2.34. The molecule has 1 fully saturated rings. The van der Waals surface area contributed by atoms with Crippen molar-refractivity contribution in [2.45, 2.75) is 71.5 Å². The number of hydrogen-bond donors (Lipinski definition) is 1. The van der Waals surface area contributed by atoms with Crippen LogP contribution in [-0.4, -0.2) is 24.1 Å². The van der Waals surface area contributed by atoms with Gasteiger partial charge in [-0.05, 0) is 43.4 Å². The van der Waals surface area contributed by atoms with E-state index in [9.17, 15) is 0 Å². The van der Waals surface area contributed by atoms with Crippen LogP contribution >= 0.6 is 0 Å². The maximum atomic E-state index is 4.85. The molecule has 1 aromatic heterocycles. The molecule has 3 heteroatoms. The highest BCUT2D eigenvalue weighted by atomic mass is 15.2. The number of anilines is 1. The molecule has 1 N–H and O–H groups in total. The zero-order valence-electron chi connectivity index (χ0n) is 13.4. The number of hydrogen-bond acceptors (Lipinski definition) is 3. The Morgan fingerprint density at radius 2 is 2.10 bits per heavy atom. The quantitative estimate of drug-likeness (QED) is 0.825. The predicted molar refractivity (Wildman–Crippen MR) is 86.2 cm³/mol. The summed E-state index contributed by atoms with van der Waals surface area (Å²) in [6.07, 6.45) is 6.22. The number of nitrogens with zero attached hydrogens (tertiary/aromatic N) is 2. The first kappa shape index (κ1) is 15.3. The lowest BCUT2D eigenvalue weighted by Gasteiger charge is -2.36. The number of aryl methyl sites for hydroxylation is 1. The summed E-state index contributed by atoms with van der Waals surface area (Å²) in [6, 6.07) is 5.74. The largest absolute Gasteiger partial charge is 0.357 e. The van der Waals surface area contributed by atoms with Gasteiger partial charge >= 0.3 is 0 Å². The maximum absolute atomic E-state index is 4.85. The summed E-state index contributed by atoms with van der Waals surface area (Å²) in [5.74, 6) is 1.15. The first-order chi connectivity index (χ1) is 9.60. The fourth-order valence-electron chi connectivity index (χ4n) is 2.58. The summed E-state index contributed by atoms with van der Waals surface area (Å²) >= 11 is 0. The van der Waals surface area contributed by atoms with E-state index < -0.39 is 0 Å². The van der Waals surface area contributed by atoms with Crippen LogP contribution in [0.2, 0.25) is 0 Å². The van der Waals surface area contributed by atoms with Gasteiger partial charge in [-0.2, -0.15) is 0 Å². The lowest BCUT2D eigenvalue weighted by atomic mass is 9.92. The number of aromatic nitrogens is 1. The third-order valence-corrected chi connectivity index (χ3v) is 4.13. The van der Waals surface area contributed by atoms with Crippen molar-refractivity contribution in [1.29, 1.82) is 0 Å². The third kappa shape index (κ3) is 3.95. The van der Waals surface area contributed by atoms with Gasteiger partial charge in [-0.1, -0.05) is 27.2 Å². The van der Waals surface area contributed by atoms with Gasteiger partial charge in [0.05, 0.1) is 0 Å². The Morgan fingerprint density at radius 3 is 2.65 bits per heavy atom. The van der Waals surface area contributed by atoms with E-state index in [1.807, 2.05) is 0 Å². The summed E-state index contributed by atoms with van der Waals surface area (Å²) in [6.45, 7) is 7.53. The van der Waals surface area contributed by atoms with Gasteiger partial charge in [0.25, 0.3) is 0 Å². The smallest absolute Gasteiger partial charge is 0.129 e. The van der Waals surface area contributed by atoms with Gasteiger partial charge < -0.3 is 10.2 Å². The highest BCUT2D eigenvalue weighted by molar-refractivity contribution is 5.43. The molecular weight excluding hydrogens is 246 g/mol. The van der Waals surface area contributed by atoms with E-state index in [1.165, 1.54) is 30.5 Å². The highest BCUT2D eigenvalue weighted by Crippen LogP contribution is 2.28. The molecule has 1 aliphatic carbocycles. The van der Waals surface area contributed by atoms with Gasteiger partial charge in [-0.25, -0.2) is 4.98 Å². The lowest BCUT2D eigenvalue weighted by molar-refractivity contribution is 0.399. The average molecular weight is 275 g/mol. The van der Waals surface area contributed by atoms with Crippen molar-refractivity contribution >= 4 is 5.82 Å².